The zero-order valence-electron chi connectivity index (χ0n) is 10.9. The van der Waals surface area contributed by atoms with Crippen molar-refractivity contribution in [2.24, 2.45) is 0 Å². The van der Waals surface area contributed by atoms with Crippen molar-refractivity contribution in [3.63, 3.8) is 0 Å². The lowest BCUT2D eigenvalue weighted by Crippen LogP contribution is -2.07. The summed E-state index contributed by atoms with van der Waals surface area (Å²) in [6.45, 7) is 2.02. The van der Waals surface area contributed by atoms with Crippen LogP contribution in [0, 0.1) is 3.57 Å². The Morgan fingerprint density at radius 1 is 1.21 bits per heavy atom. The molecule has 0 aliphatic carbocycles. The Morgan fingerprint density at radius 3 is 2.58 bits per heavy atom. The number of methoxy groups -OCH3 is 1. The van der Waals surface area contributed by atoms with E-state index in [0.717, 1.165) is 14.8 Å². The fraction of sp³-hybridized carbons (Fsp3) is 0.200. The fourth-order valence-corrected chi connectivity index (χ4v) is 2.45. The lowest BCUT2D eigenvalue weighted by atomic mass is 10.1. The predicted molar refractivity (Wildman–Crippen MR) is 85.9 cm³/mol. The summed E-state index contributed by atoms with van der Waals surface area (Å²) in [5, 5.41) is 13.4. The molecular formula is C15H16INO2. The Labute approximate surface area is 126 Å². The lowest BCUT2D eigenvalue weighted by molar-refractivity contribution is 0.406. The quantitative estimate of drug-likeness (QED) is 0.795. The highest BCUT2D eigenvalue weighted by atomic mass is 127. The molecule has 2 rings (SSSR count). The first-order chi connectivity index (χ1) is 9.11. The van der Waals surface area contributed by atoms with E-state index < -0.39 is 0 Å². The molecule has 0 amide bonds. The molecule has 2 aromatic rings. The summed E-state index contributed by atoms with van der Waals surface area (Å²) in [4.78, 5) is 0. The Balaban J connectivity index is 2.21. The molecule has 0 fully saturated rings. The Bertz CT molecular complexity index is 572. The average Bonchev–Trinajstić information content (AvgIpc) is 2.41. The number of para-hydroxylation sites is 1. The topological polar surface area (TPSA) is 41.5 Å². The van der Waals surface area contributed by atoms with Crippen LogP contribution in [0.3, 0.4) is 0 Å². The zero-order valence-corrected chi connectivity index (χ0v) is 13.0. The molecule has 0 heterocycles. The van der Waals surface area contributed by atoms with Gasteiger partial charge in [0.1, 0.15) is 11.5 Å². The van der Waals surface area contributed by atoms with Gasteiger partial charge in [0.25, 0.3) is 0 Å². The second-order valence-corrected chi connectivity index (χ2v) is 5.43. The van der Waals surface area contributed by atoms with E-state index in [-0.39, 0.29) is 11.8 Å². The molecular weight excluding hydrogens is 353 g/mol. The van der Waals surface area contributed by atoms with Gasteiger partial charge < -0.3 is 15.2 Å². The van der Waals surface area contributed by atoms with Gasteiger partial charge in [-0.05, 0) is 53.8 Å². The van der Waals surface area contributed by atoms with Gasteiger partial charge in [-0.15, -0.1) is 0 Å². The molecule has 100 valence electrons. The first-order valence-corrected chi connectivity index (χ1v) is 7.07. The number of ether oxygens (including phenoxy) is 1. The van der Waals surface area contributed by atoms with Gasteiger partial charge in [-0.3, -0.25) is 0 Å². The van der Waals surface area contributed by atoms with E-state index in [1.54, 1.807) is 13.2 Å². The number of nitrogens with one attached hydrogen (secondary N) is 1. The van der Waals surface area contributed by atoms with Crippen LogP contribution in [0.25, 0.3) is 0 Å². The molecule has 0 radical (unpaired) electrons. The number of hydrogen-bond acceptors (Lipinski definition) is 3. The van der Waals surface area contributed by atoms with Crippen molar-refractivity contribution in [1.29, 1.82) is 0 Å². The van der Waals surface area contributed by atoms with E-state index >= 15 is 0 Å². The maximum Gasteiger partial charge on any atom is 0.124 e. The molecule has 0 saturated carbocycles. The number of phenolic OH excluding ortho intramolecular Hbond substituents is 1. The maximum absolute atomic E-state index is 10.0. The highest BCUT2D eigenvalue weighted by molar-refractivity contribution is 14.1. The lowest BCUT2D eigenvalue weighted by Gasteiger charge is -2.18. The third kappa shape index (κ3) is 3.32. The number of aromatic hydroxyl groups is 1. The van der Waals surface area contributed by atoms with Crippen LogP contribution in [-0.2, 0) is 0 Å². The van der Waals surface area contributed by atoms with Crippen molar-refractivity contribution in [2.45, 2.75) is 13.0 Å². The summed E-state index contributed by atoms with van der Waals surface area (Å²) in [5.41, 5.74) is 1.91. The van der Waals surface area contributed by atoms with Crippen LogP contribution in [0.15, 0.2) is 42.5 Å². The summed E-state index contributed by atoms with van der Waals surface area (Å²) in [7, 11) is 1.59. The molecule has 2 aromatic carbocycles. The number of anilines is 1. The monoisotopic (exact) mass is 369 g/mol. The largest absolute Gasteiger partial charge is 0.507 e. The van der Waals surface area contributed by atoms with Crippen LogP contribution in [0.4, 0.5) is 5.69 Å². The highest BCUT2D eigenvalue weighted by Crippen LogP contribution is 2.31. The molecule has 2 N–H and O–H groups in total. The van der Waals surface area contributed by atoms with Gasteiger partial charge in [-0.1, -0.05) is 12.1 Å². The molecule has 19 heavy (non-hydrogen) atoms. The van der Waals surface area contributed by atoms with Gasteiger partial charge in [0, 0.05) is 20.9 Å². The molecule has 4 heteroatoms. The Morgan fingerprint density at radius 2 is 1.95 bits per heavy atom. The van der Waals surface area contributed by atoms with Crippen LogP contribution in [0.5, 0.6) is 11.5 Å². The third-order valence-corrected chi connectivity index (χ3v) is 3.89. The van der Waals surface area contributed by atoms with Crippen molar-refractivity contribution in [3.8, 4) is 11.5 Å². The van der Waals surface area contributed by atoms with Crippen LogP contribution in [0.2, 0.25) is 0 Å². The molecule has 1 atom stereocenters. The second kappa shape index (κ2) is 6.14. The van der Waals surface area contributed by atoms with Crippen molar-refractivity contribution in [2.75, 3.05) is 12.4 Å². The van der Waals surface area contributed by atoms with Gasteiger partial charge in [0.05, 0.1) is 13.2 Å². The van der Waals surface area contributed by atoms with E-state index in [1.807, 2.05) is 43.3 Å². The summed E-state index contributed by atoms with van der Waals surface area (Å²) < 4.78 is 6.24. The average molecular weight is 369 g/mol. The van der Waals surface area contributed by atoms with E-state index in [2.05, 4.69) is 27.9 Å². The van der Waals surface area contributed by atoms with E-state index in [0.29, 0.717) is 5.75 Å². The van der Waals surface area contributed by atoms with Crippen molar-refractivity contribution >= 4 is 28.3 Å². The fourth-order valence-electron chi connectivity index (χ4n) is 1.91. The van der Waals surface area contributed by atoms with Gasteiger partial charge in [0.15, 0.2) is 0 Å². The van der Waals surface area contributed by atoms with Gasteiger partial charge >= 0.3 is 0 Å². The summed E-state index contributed by atoms with van der Waals surface area (Å²) in [6.07, 6.45) is 0. The van der Waals surface area contributed by atoms with Crippen molar-refractivity contribution < 1.29 is 9.84 Å². The molecule has 1 unspecified atom stereocenters. The van der Waals surface area contributed by atoms with Crippen molar-refractivity contribution in [3.05, 3.63) is 51.6 Å². The standard InChI is InChI=1S/C15H16INO2/c1-10(17-14-6-4-3-5-13(14)16)12-8-7-11(19-2)9-15(12)18/h3-10,17-18H,1-2H3. The van der Waals surface area contributed by atoms with Gasteiger partial charge in [0.2, 0.25) is 0 Å². The molecule has 0 saturated heterocycles. The zero-order chi connectivity index (χ0) is 13.8. The van der Waals surface area contributed by atoms with Crippen LogP contribution >= 0.6 is 22.6 Å². The molecule has 0 aliphatic heterocycles. The Hall–Kier alpha value is -1.43. The predicted octanol–water partition coefficient (Wildman–Crippen LogP) is 4.18. The highest BCUT2D eigenvalue weighted by Gasteiger charge is 2.12. The molecule has 0 spiro atoms. The minimum Gasteiger partial charge on any atom is -0.507 e. The first kappa shape index (κ1) is 14.0. The SMILES string of the molecule is COc1ccc(C(C)Nc2ccccc2I)c(O)c1. The van der Waals surface area contributed by atoms with Crippen molar-refractivity contribution in [1.82, 2.24) is 0 Å². The Kier molecular flexibility index (Phi) is 4.52. The molecule has 0 aromatic heterocycles. The first-order valence-electron chi connectivity index (χ1n) is 6.00. The molecule has 0 bridgehead atoms. The van der Waals surface area contributed by atoms with E-state index in [1.165, 1.54) is 0 Å². The summed E-state index contributed by atoms with van der Waals surface area (Å²) in [5.74, 6) is 0.896. The number of benzene rings is 2. The number of rotatable bonds is 4. The van der Waals surface area contributed by atoms with Gasteiger partial charge in [-0.2, -0.15) is 0 Å². The van der Waals surface area contributed by atoms with Gasteiger partial charge in [-0.25, -0.2) is 0 Å². The number of phenols is 1. The normalized spacial score (nSPS) is 11.9. The number of halogens is 1. The minimum atomic E-state index is 0.0156. The molecule has 3 nitrogen and oxygen atoms in total. The number of hydrogen-bond donors (Lipinski definition) is 2. The third-order valence-electron chi connectivity index (χ3n) is 2.95. The maximum atomic E-state index is 10.0. The minimum absolute atomic E-state index is 0.0156. The van der Waals surface area contributed by atoms with Crippen LogP contribution in [0.1, 0.15) is 18.5 Å². The van der Waals surface area contributed by atoms with Crippen LogP contribution < -0.4 is 10.1 Å². The summed E-state index contributed by atoms with van der Waals surface area (Å²) in [6, 6.07) is 13.4. The van der Waals surface area contributed by atoms with E-state index in [4.69, 9.17) is 4.74 Å². The molecule has 0 aliphatic rings. The smallest absolute Gasteiger partial charge is 0.124 e. The second-order valence-electron chi connectivity index (χ2n) is 4.27. The van der Waals surface area contributed by atoms with Crippen LogP contribution in [-0.4, -0.2) is 12.2 Å². The van der Waals surface area contributed by atoms with E-state index in [9.17, 15) is 5.11 Å². The summed E-state index contributed by atoms with van der Waals surface area (Å²) >= 11 is 2.29.